The molecule has 0 unspecified atom stereocenters. The van der Waals surface area contributed by atoms with Gasteiger partial charge in [-0.1, -0.05) is 33.8 Å². The van der Waals surface area contributed by atoms with Crippen molar-refractivity contribution in [2.24, 2.45) is 11.8 Å². The molecule has 5 nitrogen and oxygen atoms in total. The van der Waals surface area contributed by atoms with Crippen LogP contribution in [0.3, 0.4) is 0 Å². The van der Waals surface area contributed by atoms with Crippen LogP contribution in [0, 0.1) is 18.8 Å². The monoisotopic (exact) mass is 319 g/mol. The molecule has 0 fully saturated rings. The number of amides is 2. The summed E-state index contributed by atoms with van der Waals surface area (Å²) in [5.41, 5.74) is 2.60. The molecule has 0 aromatic heterocycles. The van der Waals surface area contributed by atoms with Crippen molar-refractivity contribution in [3.8, 4) is 0 Å². The summed E-state index contributed by atoms with van der Waals surface area (Å²) in [6.45, 7) is 12.0. The molecule has 0 saturated carbocycles. The van der Waals surface area contributed by atoms with Gasteiger partial charge in [-0.3, -0.25) is 9.59 Å². The molecule has 2 amide bonds. The highest BCUT2D eigenvalue weighted by atomic mass is 16.2. The van der Waals surface area contributed by atoms with Gasteiger partial charge in [0.1, 0.15) is 0 Å². The van der Waals surface area contributed by atoms with Crippen LogP contribution in [0.5, 0.6) is 0 Å². The molecular formula is C18H29N3O2. The number of carbonyl (C=O) groups excluding carboxylic acids is 2. The predicted molar refractivity (Wildman–Crippen MR) is 95.6 cm³/mol. The van der Waals surface area contributed by atoms with Crippen molar-refractivity contribution in [2.75, 3.05) is 17.2 Å². The molecule has 0 spiro atoms. The lowest BCUT2D eigenvalue weighted by molar-refractivity contribution is -0.120. The Morgan fingerprint density at radius 2 is 1.74 bits per heavy atom. The van der Waals surface area contributed by atoms with Crippen molar-refractivity contribution in [1.29, 1.82) is 0 Å². The summed E-state index contributed by atoms with van der Waals surface area (Å²) in [7, 11) is 0. The predicted octanol–water partition coefficient (Wildman–Crippen LogP) is 3.16. The van der Waals surface area contributed by atoms with E-state index in [0.717, 1.165) is 16.9 Å². The molecule has 128 valence electrons. The van der Waals surface area contributed by atoms with E-state index in [-0.39, 0.29) is 30.3 Å². The molecule has 23 heavy (non-hydrogen) atoms. The minimum Gasteiger partial charge on any atom is -0.376 e. The third-order valence-corrected chi connectivity index (χ3v) is 3.86. The van der Waals surface area contributed by atoms with Crippen molar-refractivity contribution in [1.82, 2.24) is 5.32 Å². The summed E-state index contributed by atoms with van der Waals surface area (Å²) in [5, 5.41) is 8.96. The normalized spacial score (nSPS) is 12.2. The Morgan fingerprint density at radius 3 is 2.30 bits per heavy atom. The van der Waals surface area contributed by atoms with E-state index in [2.05, 4.69) is 29.8 Å². The summed E-state index contributed by atoms with van der Waals surface area (Å²) in [6.07, 6.45) is 0. The number of hydrogen-bond donors (Lipinski definition) is 3. The topological polar surface area (TPSA) is 70.2 Å². The van der Waals surface area contributed by atoms with Crippen molar-refractivity contribution < 1.29 is 9.59 Å². The Labute approximate surface area is 139 Å². The smallest absolute Gasteiger partial charge is 0.239 e. The van der Waals surface area contributed by atoms with Gasteiger partial charge in [-0.05, 0) is 37.5 Å². The summed E-state index contributed by atoms with van der Waals surface area (Å²) < 4.78 is 0. The lowest BCUT2D eigenvalue weighted by Gasteiger charge is -2.18. The first-order valence-corrected chi connectivity index (χ1v) is 8.15. The molecule has 0 saturated heterocycles. The average molecular weight is 319 g/mol. The molecule has 0 bridgehead atoms. The second kappa shape index (κ2) is 8.56. The van der Waals surface area contributed by atoms with Crippen molar-refractivity contribution >= 4 is 23.2 Å². The van der Waals surface area contributed by atoms with Gasteiger partial charge in [0.25, 0.3) is 0 Å². The quantitative estimate of drug-likeness (QED) is 0.723. The first-order valence-electron chi connectivity index (χ1n) is 8.15. The third kappa shape index (κ3) is 6.30. The molecular weight excluding hydrogens is 290 g/mol. The molecule has 0 heterocycles. The Morgan fingerprint density at radius 1 is 1.09 bits per heavy atom. The Hall–Kier alpha value is -2.04. The second-order valence-corrected chi connectivity index (χ2v) is 6.63. The highest BCUT2D eigenvalue weighted by Gasteiger charge is 2.12. The van der Waals surface area contributed by atoms with Gasteiger partial charge in [0.2, 0.25) is 11.8 Å². The van der Waals surface area contributed by atoms with Crippen LogP contribution in [-0.2, 0) is 9.59 Å². The van der Waals surface area contributed by atoms with Gasteiger partial charge < -0.3 is 16.0 Å². The number of anilines is 2. The lowest BCUT2D eigenvalue weighted by Crippen LogP contribution is -2.39. The maximum atomic E-state index is 12.0. The van der Waals surface area contributed by atoms with Gasteiger partial charge in [0.15, 0.2) is 0 Å². The Bertz CT molecular complexity index is 553. The standard InChI is InChI=1S/C18H29N3O2/c1-11(2)14(6)20-17(22)10-19-16-9-15(8-7-13(16)5)21-18(23)12(3)4/h7-9,11-12,14,19H,10H2,1-6H3,(H,20,22)(H,21,23)/t14-/m0/s1. The molecule has 0 aliphatic heterocycles. The number of rotatable bonds is 7. The van der Waals surface area contributed by atoms with Crippen molar-refractivity contribution in [3.05, 3.63) is 23.8 Å². The number of hydrogen-bond acceptors (Lipinski definition) is 3. The SMILES string of the molecule is Cc1ccc(NC(=O)C(C)C)cc1NCC(=O)N[C@@H](C)C(C)C. The van der Waals surface area contributed by atoms with Crippen LogP contribution < -0.4 is 16.0 Å². The first kappa shape index (κ1) is 19.0. The first-order chi connectivity index (χ1) is 10.7. The minimum absolute atomic E-state index is 0.0247. The van der Waals surface area contributed by atoms with E-state index < -0.39 is 0 Å². The van der Waals surface area contributed by atoms with E-state index in [1.807, 2.05) is 45.9 Å². The summed E-state index contributed by atoms with van der Waals surface area (Å²) in [5.74, 6) is 0.261. The minimum atomic E-state index is -0.0731. The molecule has 3 N–H and O–H groups in total. The van der Waals surface area contributed by atoms with Gasteiger partial charge in [0.05, 0.1) is 6.54 Å². The van der Waals surface area contributed by atoms with E-state index in [1.54, 1.807) is 0 Å². The molecule has 1 aromatic rings. The van der Waals surface area contributed by atoms with Crippen LogP contribution in [0.15, 0.2) is 18.2 Å². The second-order valence-electron chi connectivity index (χ2n) is 6.63. The van der Waals surface area contributed by atoms with Crippen LogP contribution in [0.1, 0.15) is 40.2 Å². The average Bonchev–Trinajstić information content (AvgIpc) is 2.47. The zero-order chi connectivity index (χ0) is 17.6. The maximum absolute atomic E-state index is 12.0. The molecule has 1 rings (SSSR count). The van der Waals surface area contributed by atoms with Gasteiger partial charge >= 0.3 is 0 Å². The van der Waals surface area contributed by atoms with Crippen LogP contribution in [0.4, 0.5) is 11.4 Å². The maximum Gasteiger partial charge on any atom is 0.239 e. The highest BCUT2D eigenvalue weighted by Crippen LogP contribution is 2.20. The Balaban J connectivity index is 2.66. The molecule has 0 aliphatic rings. The highest BCUT2D eigenvalue weighted by molar-refractivity contribution is 5.92. The lowest BCUT2D eigenvalue weighted by atomic mass is 10.1. The Kier molecular flexibility index (Phi) is 7.07. The summed E-state index contributed by atoms with van der Waals surface area (Å²) >= 11 is 0. The number of benzene rings is 1. The number of nitrogens with one attached hydrogen (secondary N) is 3. The fourth-order valence-corrected chi connectivity index (χ4v) is 1.82. The van der Waals surface area contributed by atoms with E-state index in [9.17, 15) is 9.59 Å². The zero-order valence-electron chi connectivity index (χ0n) is 15.0. The zero-order valence-corrected chi connectivity index (χ0v) is 15.0. The van der Waals surface area contributed by atoms with E-state index in [0.29, 0.717) is 5.92 Å². The van der Waals surface area contributed by atoms with E-state index >= 15 is 0 Å². The van der Waals surface area contributed by atoms with E-state index in [1.165, 1.54) is 0 Å². The van der Waals surface area contributed by atoms with Crippen LogP contribution in [0.2, 0.25) is 0 Å². The molecule has 0 radical (unpaired) electrons. The fraction of sp³-hybridized carbons (Fsp3) is 0.556. The summed E-state index contributed by atoms with van der Waals surface area (Å²) in [6, 6.07) is 5.78. The van der Waals surface area contributed by atoms with Crippen molar-refractivity contribution in [3.63, 3.8) is 0 Å². The third-order valence-electron chi connectivity index (χ3n) is 3.86. The largest absolute Gasteiger partial charge is 0.376 e. The number of carbonyl (C=O) groups is 2. The molecule has 0 aliphatic carbocycles. The van der Waals surface area contributed by atoms with E-state index in [4.69, 9.17) is 0 Å². The van der Waals surface area contributed by atoms with Crippen LogP contribution in [0.25, 0.3) is 0 Å². The van der Waals surface area contributed by atoms with Crippen LogP contribution >= 0.6 is 0 Å². The summed E-state index contributed by atoms with van der Waals surface area (Å²) in [4.78, 5) is 23.7. The molecule has 1 aromatic carbocycles. The fourth-order valence-electron chi connectivity index (χ4n) is 1.82. The molecule has 5 heteroatoms. The number of aryl methyl sites for hydroxylation is 1. The van der Waals surface area contributed by atoms with Gasteiger partial charge in [-0.25, -0.2) is 0 Å². The van der Waals surface area contributed by atoms with Gasteiger partial charge in [-0.2, -0.15) is 0 Å². The van der Waals surface area contributed by atoms with Gasteiger partial charge in [-0.15, -0.1) is 0 Å². The van der Waals surface area contributed by atoms with Crippen molar-refractivity contribution in [2.45, 2.75) is 47.6 Å². The molecule has 1 atom stereocenters. The van der Waals surface area contributed by atoms with Crippen LogP contribution in [-0.4, -0.2) is 24.4 Å². The van der Waals surface area contributed by atoms with Gasteiger partial charge in [0, 0.05) is 23.3 Å².